The van der Waals surface area contributed by atoms with Crippen molar-refractivity contribution in [2.75, 3.05) is 5.32 Å². The van der Waals surface area contributed by atoms with Crippen LogP contribution in [0.3, 0.4) is 0 Å². The van der Waals surface area contributed by atoms with E-state index < -0.39 is 0 Å². The zero-order valence-corrected chi connectivity index (χ0v) is 14.0. The molecule has 0 fully saturated rings. The van der Waals surface area contributed by atoms with Gasteiger partial charge >= 0.3 is 0 Å². The van der Waals surface area contributed by atoms with Gasteiger partial charge in [0.1, 0.15) is 5.82 Å². The van der Waals surface area contributed by atoms with Crippen LogP contribution >= 0.6 is 0 Å². The second kappa shape index (κ2) is 6.66. The fourth-order valence-corrected chi connectivity index (χ4v) is 2.46. The Kier molecular flexibility index (Phi) is 4.42. The molecule has 0 unspecified atom stereocenters. The van der Waals surface area contributed by atoms with E-state index in [1.807, 2.05) is 69.3 Å². The highest BCUT2D eigenvalue weighted by atomic mass is 16.2. The van der Waals surface area contributed by atoms with E-state index in [0.29, 0.717) is 5.82 Å². The predicted octanol–water partition coefficient (Wildman–Crippen LogP) is 3.82. The first kappa shape index (κ1) is 15.9. The number of carbonyl (C=O) groups is 1. The van der Waals surface area contributed by atoms with Crippen LogP contribution in [0.1, 0.15) is 30.0 Å². The fourth-order valence-electron chi connectivity index (χ4n) is 2.46. The topological polar surface area (TPSA) is 66.9 Å². The van der Waals surface area contributed by atoms with Crippen molar-refractivity contribution in [3.63, 3.8) is 0 Å². The average molecular weight is 320 g/mol. The minimum absolute atomic E-state index is 0.0285. The van der Waals surface area contributed by atoms with E-state index in [2.05, 4.69) is 20.6 Å². The standard InChI is InChI=1S/C19H20N4O/c1-12(2)20-19(24)18-22-16-10-5-4-9-15(16)17(23-18)21-14-8-6-7-13(3)11-14/h4-12H,1-3H3,(H,20,24)(H,21,22,23). The average Bonchev–Trinajstić information content (AvgIpc) is 2.54. The smallest absolute Gasteiger partial charge is 0.289 e. The van der Waals surface area contributed by atoms with Gasteiger partial charge < -0.3 is 10.6 Å². The molecule has 24 heavy (non-hydrogen) atoms. The summed E-state index contributed by atoms with van der Waals surface area (Å²) in [5.74, 6) is 0.515. The third-order valence-electron chi connectivity index (χ3n) is 3.51. The molecule has 0 spiro atoms. The van der Waals surface area contributed by atoms with Crippen LogP contribution in [0, 0.1) is 6.92 Å². The van der Waals surface area contributed by atoms with E-state index in [1.165, 1.54) is 0 Å². The van der Waals surface area contributed by atoms with Crippen LogP contribution in [-0.4, -0.2) is 21.9 Å². The third kappa shape index (κ3) is 3.51. The van der Waals surface area contributed by atoms with Crippen molar-refractivity contribution in [3.8, 4) is 0 Å². The van der Waals surface area contributed by atoms with Crippen molar-refractivity contribution in [1.29, 1.82) is 0 Å². The molecule has 0 bridgehead atoms. The Morgan fingerprint density at radius 3 is 2.58 bits per heavy atom. The number of anilines is 2. The Labute approximate surface area is 141 Å². The monoisotopic (exact) mass is 320 g/mol. The first-order valence-electron chi connectivity index (χ1n) is 7.94. The number of benzene rings is 2. The Balaban J connectivity index is 2.06. The predicted molar refractivity (Wildman–Crippen MR) is 96.6 cm³/mol. The molecule has 1 amide bonds. The van der Waals surface area contributed by atoms with E-state index in [9.17, 15) is 4.79 Å². The van der Waals surface area contributed by atoms with E-state index in [1.54, 1.807) is 0 Å². The maximum atomic E-state index is 12.3. The molecule has 5 heteroatoms. The van der Waals surface area contributed by atoms with Gasteiger partial charge in [0.2, 0.25) is 5.82 Å². The second-order valence-electron chi connectivity index (χ2n) is 6.04. The van der Waals surface area contributed by atoms with Crippen molar-refractivity contribution in [2.24, 2.45) is 0 Å². The van der Waals surface area contributed by atoms with Gasteiger partial charge in [-0.3, -0.25) is 4.79 Å². The Bertz CT molecular complexity index is 889. The van der Waals surface area contributed by atoms with Crippen LogP contribution in [-0.2, 0) is 0 Å². The number of rotatable bonds is 4. The molecule has 0 aliphatic rings. The summed E-state index contributed by atoms with van der Waals surface area (Å²) >= 11 is 0. The number of carbonyl (C=O) groups excluding carboxylic acids is 1. The van der Waals surface area contributed by atoms with Gasteiger partial charge in [-0.15, -0.1) is 0 Å². The summed E-state index contributed by atoms with van der Waals surface area (Å²) in [6, 6.07) is 15.7. The van der Waals surface area contributed by atoms with E-state index in [-0.39, 0.29) is 17.8 Å². The maximum absolute atomic E-state index is 12.3. The SMILES string of the molecule is Cc1cccc(Nc2nc(C(=O)NC(C)C)nc3ccccc23)c1. The number of para-hydroxylation sites is 1. The highest BCUT2D eigenvalue weighted by molar-refractivity contribution is 5.97. The molecule has 3 aromatic rings. The molecule has 0 saturated carbocycles. The number of amides is 1. The summed E-state index contributed by atoms with van der Waals surface area (Å²) in [4.78, 5) is 21.1. The van der Waals surface area contributed by atoms with Crippen molar-refractivity contribution in [3.05, 3.63) is 59.9 Å². The van der Waals surface area contributed by atoms with Gasteiger partial charge in [-0.2, -0.15) is 0 Å². The number of aryl methyl sites for hydroxylation is 1. The zero-order chi connectivity index (χ0) is 17.1. The van der Waals surface area contributed by atoms with Crippen molar-refractivity contribution in [2.45, 2.75) is 26.8 Å². The summed E-state index contributed by atoms with van der Waals surface area (Å²) < 4.78 is 0. The summed E-state index contributed by atoms with van der Waals surface area (Å²) in [6.45, 7) is 5.85. The van der Waals surface area contributed by atoms with Gasteiger partial charge in [0, 0.05) is 17.1 Å². The van der Waals surface area contributed by atoms with Crippen molar-refractivity contribution in [1.82, 2.24) is 15.3 Å². The minimum Gasteiger partial charge on any atom is -0.347 e. The van der Waals surface area contributed by atoms with Gasteiger partial charge in [-0.1, -0.05) is 24.3 Å². The summed E-state index contributed by atoms with van der Waals surface area (Å²) in [7, 11) is 0. The highest BCUT2D eigenvalue weighted by Crippen LogP contribution is 2.24. The number of fused-ring (bicyclic) bond motifs is 1. The van der Waals surface area contributed by atoms with Crippen LogP contribution < -0.4 is 10.6 Å². The van der Waals surface area contributed by atoms with Gasteiger partial charge in [0.15, 0.2) is 0 Å². The second-order valence-corrected chi connectivity index (χ2v) is 6.04. The van der Waals surface area contributed by atoms with Crippen LogP contribution in [0.4, 0.5) is 11.5 Å². The first-order valence-corrected chi connectivity index (χ1v) is 7.94. The Morgan fingerprint density at radius 1 is 1.04 bits per heavy atom. The molecule has 0 radical (unpaired) electrons. The first-order chi connectivity index (χ1) is 11.5. The molecule has 0 saturated heterocycles. The molecule has 2 aromatic carbocycles. The largest absolute Gasteiger partial charge is 0.347 e. The lowest BCUT2D eigenvalue weighted by Crippen LogP contribution is -2.31. The molecule has 2 N–H and O–H groups in total. The quantitative estimate of drug-likeness (QED) is 0.767. The van der Waals surface area contributed by atoms with Crippen LogP contribution in [0.25, 0.3) is 10.9 Å². The number of nitrogens with one attached hydrogen (secondary N) is 2. The number of aromatic nitrogens is 2. The van der Waals surface area contributed by atoms with Gasteiger partial charge in [0.25, 0.3) is 5.91 Å². The zero-order valence-electron chi connectivity index (χ0n) is 14.0. The molecule has 0 aliphatic heterocycles. The van der Waals surface area contributed by atoms with Gasteiger partial charge in [0.05, 0.1) is 5.52 Å². The lowest BCUT2D eigenvalue weighted by molar-refractivity contribution is 0.0933. The number of hydrogen-bond donors (Lipinski definition) is 2. The van der Waals surface area contributed by atoms with E-state index in [4.69, 9.17) is 0 Å². The molecular formula is C19H20N4O. The maximum Gasteiger partial charge on any atom is 0.289 e. The molecule has 0 atom stereocenters. The summed E-state index contributed by atoms with van der Waals surface area (Å²) in [5.41, 5.74) is 2.81. The Hall–Kier alpha value is -2.95. The number of nitrogens with zero attached hydrogens (tertiary/aromatic N) is 2. The number of hydrogen-bond acceptors (Lipinski definition) is 4. The summed E-state index contributed by atoms with van der Waals surface area (Å²) in [6.07, 6.45) is 0. The van der Waals surface area contributed by atoms with Crippen LogP contribution in [0.2, 0.25) is 0 Å². The molecule has 122 valence electrons. The molecule has 5 nitrogen and oxygen atoms in total. The lowest BCUT2D eigenvalue weighted by Gasteiger charge is -2.12. The molecule has 0 aliphatic carbocycles. The highest BCUT2D eigenvalue weighted by Gasteiger charge is 2.14. The van der Waals surface area contributed by atoms with Crippen LogP contribution in [0.15, 0.2) is 48.5 Å². The minimum atomic E-state index is -0.275. The molecule has 1 heterocycles. The lowest BCUT2D eigenvalue weighted by atomic mass is 10.2. The van der Waals surface area contributed by atoms with Gasteiger partial charge in [-0.05, 0) is 50.6 Å². The van der Waals surface area contributed by atoms with Crippen molar-refractivity contribution >= 4 is 28.3 Å². The van der Waals surface area contributed by atoms with Crippen molar-refractivity contribution < 1.29 is 4.79 Å². The normalized spacial score (nSPS) is 10.8. The molecule has 3 rings (SSSR count). The van der Waals surface area contributed by atoms with Gasteiger partial charge in [-0.25, -0.2) is 9.97 Å². The van der Waals surface area contributed by atoms with E-state index >= 15 is 0 Å². The molecular weight excluding hydrogens is 300 g/mol. The van der Waals surface area contributed by atoms with Crippen LogP contribution in [0.5, 0.6) is 0 Å². The van der Waals surface area contributed by atoms with E-state index in [0.717, 1.165) is 22.2 Å². The third-order valence-corrected chi connectivity index (χ3v) is 3.51. The Morgan fingerprint density at radius 2 is 1.83 bits per heavy atom. The molecule has 1 aromatic heterocycles. The fraction of sp³-hybridized carbons (Fsp3) is 0.211. The summed E-state index contributed by atoms with van der Waals surface area (Å²) in [5, 5.41) is 7.01.